The lowest BCUT2D eigenvalue weighted by Gasteiger charge is -2.19. The molecule has 1 amide bonds. The monoisotopic (exact) mass is 392 g/mol. The van der Waals surface area contributed by atoms with Gasteiger partial charge >= 0.3 is 12.1 Å². The van der Waals surface area contributed by atoms with Crippen molar-refractivity contribution in [3.63, 3.8) is 0 Å². The number of alkyl halides is 3. The molecule has 0 radical (unpaired) electrons. The van der Waals surface area contributed by atoms with Crippen LogP contribution in [-0.2, 0) is 9.59 Å². The summed E-state index contributed by atoms with van der Waals surface area (Å²) in [5, 5.41) is 16.7. The Labute approximate surface area is 152 Å². The smallest absolute Gasteiger partial charge is 0.475 e. The highest BCUT2D eigenvalue weighted by atomic mass is 35.5. The minimum absolute atomic E-state index is 0.0643. The van der Waals surface area contributed by atoms with Gasteiger partial charge in [0.05, 0.1) is 12.6 Å². The molecule has 1 saturated heterocycles. The summed E-state index contributed by atoms with van der Waals surface area (Å²) < 4.78 is 31.7. The van der Waals surface area contributed by atoms with Gasteiger partial charge in [-0.15, -0.1) is 0 Å². The molecule has 1 aromatic carbocycles. The molecule has 0 aliphatic carbocycles. The molecule has 142 valence electrons. The standard InChI is InChI=1S/C13H15ClN4O.C2HF3O2/c14-10-3-5-11(6-4-10)17-16-9-13(19)18-7-1-2-12(18)8-15;3-2(4,5)1(6)7/h3-6,12,16-17H,1-2,7,9H2;(H,6,7). The summed E-state index contributed by atoms with van der Waals surface area (Å²) in [7, 11) is 0. The maximum atomic E-state index is 11.9. The summed E-state index contributed by atoms with van der Waals surface area (Å²) >= 11 is 5.77. The van der Waals surface area contributed by atoms with E-state index in [1.54, 1.807) is 17.0 Å². The van der Waals surface area contributed by atoms with Crippen molar-refractivity contribution in [2.75, 3.05) is 18.5 Å². The summed E-state index contributed by atoms with van der Waals surface area (Å²) in [6.45, 7) is 0.820. The molecule has 0 bridgehead atoms. The van der Waals surface area contributed by atoms with Crippen molar-refractivity contribution in [3.05, 3.63) is 29.3 Å². The summed E-state index contributed by atoms with van der Waals surface area (Å²) in [5.74, 6) is -2.82. The number of hydrazine groups is 1. The van der Waals surface area contributed by atoms with Gasteiger partial charge in [-0.25, -0.2) is 10.2 Å². The molecule has 1 aromatic rings. The van der Waals surface area contributed by atoms with E-state index in [0.29, 0.717) is 11.6 Å². The Morgan fingerprint density at radius 2 is 1.92 bits per heavy atom. The minimum atomic E-state index is -5.08. The average molecular weight is 393 g/mol. The Hall–Kier alpha value is -2.51. The van der Waals surface area contributed by atoms with Crippen molar-refractivity contribution >= 4 is 29.2 Å². The third kappa shape index (κ3) is 7.16. The number of likely N-dealkylation sites (tertiary alicyclic amines) is 1. The number of carboxylic acid groups (broad SMARTS) is 1. The first-order valence-corrected chi connectivity index (χ1v) is 7.76. The normalized spacial score (nSPS) is 16.3. The van der Waals surface area contributed by atoms with Gasteiger partial charge in [0.25, 0.3) is 0 Å². The van der Waals surface area contributed by atoms with Gasteiger partial charge < -0.3 is 15.4 Å². The van der Waals surface area contributed by atoms with Gasteiger partial charge in [-0.1, -0.05) is 11.6 Å². The van der Waals surface area contributed by atoms with Crippen molar-refractivity contribution in [1.29, 1.82) is 5.26 Å². The van der Waals surface area contributed by atoms with Crippen LogP contribution in [0, 0.1) is 11.3 Å². The predicted octanol–water partition coefficient (Wildman–Crippen LogP) is 2.40. The fraction of sp³-hybridized carbons (Fsp3) is 0.400. The van der Waals surface area contributed by atoms with Crippen LogP contribution in [0.4, 0.5) is 18.9 Å². The summed E-state index contributed by atoms with van der Waals surface area (Å²) in [6.07, 6.45) is -3.42. The fourth-order valence-corrected chi connectivity index (χ4v) is 2.18. The highest BCUT2D eigenvalue weighted by Crippen LogP contribution is 2.16. The van der Waals surface area contributed by atoms with Gasteiger partial charge in [0.15, 0.2) is 0 Å². The van der Waals surface area contributed by atoms with Crippen molar-refractivity contribution in [3.8, 4) is 6.07 Å². The number of nitrogens with one attached hydrogen (secondary N) is 2. The number of amides is 1. The zero-order valence-corrected chi connectivity index (χ0v) is 14.1. The second-order valence-corrected chi connectivity index (χ2v) is 5.60. The lowest BCUT2D eigenvalue weighted by atomic mass is 10.2. The summed E-state index contributed by atoms with van der Waals surface area (Å²) in [6, 6.07) is 9.03. The molecule has 2 rings (SSSR count). The summed E-state index contributed by atoms with van der Waals surface area (Å²) in [4.78, 5) is 22.4. The van der Waals surface area contributed by atoms with E-state index >= 15 is 0 Å². The number of nitrogens with zero attached hydrogens (tertiary/aromatic N) is 2. The number of nitriles is 1. The number of carboxylic acids is 1. The Balaban J connectivity index is 0.000000412. The van der Waals surface area contributed by atoms with Gasteiger partial charge in [-0.3, -0.25) is 4.79 Å². The van der Waals surface area contributed by atoms with Crippen LogP contribution in [-0.4, -0.2) is 47.2 Å². The van der Waals surface area contributed by atoms with Crippen LogP contribution < -0.4 is 10.9 Å². The van der Waals surface area contributed by atoms with E-state index in [4.69, 9.17) is 26.8 Å². The average Bonchev–Trinajstić information content (AvgIpc) is 3.05. The molecule has 1 aliphatic rings. The molecule has 11 heteroatoms. The van der Waals surface area contributed by atoms with Gasteiger partial charge in [0, 0.05) is 17.3 Å². The maximum absolute atomic E-state index is 11.9. The number of rotatable bonds is 4. The topological polar surface area (TPSA) is 105 Å². The molecule has 7 nitrogen and oxygen atoms in total. The Bertz CT molecular complexity index is 662. The first kappa shape index (κ1) is 21.5. The van der Waals surface area contributed by atoms with E-state index < -0.39 is 12.1 Å². The largest absolute Gasteiger partial charge is 0.490 e. The molecule has 0 spiro atoms. The molecule has 3 N–H and O–H groups in total. The number of hydrogen-bond acceptors (Lipinski definition) is 5. The number of hydrogen-bond donors (Lipinski definition) is 3. The summed E-state index contributed by atoms with van der Waals surface area (Å²) in [5.41, 5.74) is 6.60. The van der Waals surface area contributed by atoms with Crippen molar-refractivity contribution in [2.45, 2.75) is 25.1 Å². The van der Waals surface area contributed by atoms with Crippen molar-refractivity contribution in [1.82, 2.24) is 10.3 Å². The van der Waals surface area contributed by atoms with Crippen molar-refractivity contribution < 1.29 is 27.9 Å². The van der Waals surface area contributed by atoms with E-state index in [1.807, 2.05) is 12.1 Å². The number of carbonyl (C=O) groups is 2. The predicted molar refractivity (Wildman–Crippen MR) is 87.1 cm³/mol. The van der Waals surface area contributed by atoms with Gasteiger partial charge in [0.2, 0.25) is 5.91 Å². The molecule has 1 fully saturated rings. The van der Waals surface area contributed by atoms with Gasteiger partial charge in [0.1, 0.15) is 6.04 Å². The minimum Gasteiger partial charge on any atom is -0.475 e. The van der Waals surface area contributed by atoms with E-state index in [1.165, 1.54) is 0 Å². The quantitative estimate of drug-likeness (QED) is 0.679. The van der Waals surface area contributed by atoms with Crippen LogP contribution in [0.3, 0.4) is 0 Å². The number of aliphatic carboxylic acids is 1. The van der Waals surface area contributed by atoms with Crippen LogP contribution in [0.5, 0.6) is 0 Å². The lowest BCUT2D eigenvalue weighted by molar-refractivity contribution is -0.192. The van der Waals surface area contributed by atoms with Crippen LogP contribution in [0.25, 0.3) is 0 Å². The van der Waals surface area contributed by atoms with E-state index in [-0.39, 0.29) is 18.5 Å². The maximum Gasteiger partial charge on any atom is 0.490 e. The van der Waals surface area contributed by atoms with Crippen LogP contribution in [0.2, 0.25) is 5.02 Å². The van der Waals surface area contributed by atoms with Crippen LogP contribution in [0.15, 0.2) is 24.3 Å². The van der Waals surface area contributed by atoms with Gasteiger partial charge in [-0.2, -0.15) is 18.4 Å². The number of benzene rings is 1. The second kappa shape index (κ2) is 9.84. The molecule has 0 aromatic heterocycles. The highest BCUT2D eigenvalue weighted by molar-refractivity contribution is 6.30. The molecule has 26 heavy (non-hydrogen) atoms. The zero-order chi connectivity index (χ0) is 19.7. The van der Waals surface area contributed by atoms with Crippen molar-refractivity contribution in [2.24, 2.45) is 0 Å². The van der Waals surface area contributed by atoms with Gasteiger partial charge in [-0.05, 0) is 37.1 Å². The van der Waals surface area contributed by atoms with E-state index in [9.17, 15) is 18.0 Å². The second-order valence-electron chi connectivity index (χ2n) is 5.16. The fourth-order valence-electron chi connectivity index (χ4n) is 2.06. The molecule has 1 atom stereocenters. The van der Waals surface area contributed by atoms with E-state index in [0.717, 1.165) is 18.5 Å². The third-order valence-electron chi connectivity index (χ3n) is 3.28. The first-order chi connectivity index (χ1) is 12.1. The molecule has 1 heterocycles. The molecular formula is C15H16ClF3N4O3. The Morgan fingerprint density at radius 3 is 2.42 bits per heavy atom. The van der Waals surface area contributed by atoms with Crippen LogP contribution >= 0.6 is 11.6 Å². The lowest BCUT2D eigenvalue weighted by Crippen LogP contribution is -2.41. The van der Waals surface area contributed by atoms with Crippen LogP contribution in [0.1, 0.15) is 12.8 Å². The number of carbonyl (C=O) groups excluding carboxylic acids is 1. The molecule has 0 saturated carbocycles. The molecular weight excluding hydrogens is 377 g/mol. The molecule has 1 unspecified atom stereocenters. The number of anilines is 1. The SMILES string of the molecule is N#CC1CCCN1C(=O)CNNc1ccc(Cl)cc1.O=C(O)C(F)(F)F. The number of halogens is 4. The highest BCUT2D eigenvalue weighted by Gasteiger charge is 2.38. The first-order valence-electron chi connectivity index (χ1n) is 7.38. The third-order valence-corrected chi connectivity index (χ3v) is 3.53. The molecule has 1 aliphatic heterocycles. The Kier molecular flexibility index (Phi) is 8.15. The zero-order valence-electron chi connectivity index (χ0n) is 13.4. The van der Waals surface area contributed by atoms with E-state index in [2.05, 4.69) is 16.9 Å². The Morgan fingerprint density at radius 1 is 1.35 bits per heavy atom.